The predicted octanol–water partition coefficient (Wildman–Crippen LogP) is -2.25. The molecular weight excluding hydrogens is 75.1 g/mol. The van der Waals surface area contributed by atoms with E-state index in [1.807, 2.05) is 6.08 Å². The molecule has 1 rings (SSSR count). The van der Waals surface area contributed by atoms with Crippen molar-refractivity contribution in [1.29, 1.82) is 0 Å². The third-order valence-corrected chi connectivity index (χ3v) is 0.204. The van der Waals surface area contributed by atoms with Crippen LogP contribution < -0.4 is 51.4 Å². The molecule has 0 fully saturated rings. The summed E-state index contributed by atoms with van der Waals surface area (Å²) in [5.41, 5.74) is 0. The third-order valence-electron chi connectivity index (χ3n) is 0.204. The summed E-state index contributed by atoms with van der Waals surface area (Å²) in [6, 6.07) is 0. The molecule has 0 aromatic rings. The summed E-state index contributed by atoms with van der Waals surface area (Å²) < 4.78 is 0. The van der Waals surface area contributed by atoms with Gasteiger partial charge in [0.25, 0.3) is 0 Å². The summed E-state index contributed by atoms with van der Waals surface area (Å²) in [5.74, 6) is 0. The second kappa shape index (κ2) is 2.60. The van der Waals surface area contributed by atoms with E-state index in [1.54, 1.807) is 0 Å². The molecule has 0 unspecified atom stereocenters. The monoisotopic (exact) mass is 78.0 g/mol. The third kappa shape index (κ3) is 3.38. The fraction of sp³-hybridized carbons (Fsp3) is 0.333. The van der Waals surface area contributed by atoms with Crippen molar-refractivity contribution in [3.63, 3.8) is 0 Å². The Morgan fingerprint density at radius 1 is 1.75 bits per heavy atom. The summed E-state index contributed by atoms with van der Waals surface area (Å²) in [7, 11) is 0. The first kappa shape index (κ1) is 5.38. The van der Waals surface area contributed by atoms with Crippen LogP contribution in [0.2, 0.25) is 0 Å². The zero-order valence-electron chi connectivity index (χ0n) is 2.78. The van der Waals surface area contributed by atoms with E-state index in [0.29, 0.717) is 0 Å². The normalized spacial score (nSPS) is 14.0. The van der Waals surface area contributed by atoms with Crippen LogP contribution in [0.4, 0.5) is 0 Å². The van der Waals surface area contributed by atoms with E-state index in [4.69, 9.17) is 0 Å². The van der Waals surface area contributed by atoms with Crippen molar-refractivity contribution in [2.45, 2.75) is 6.42 Å². The van der Waals surface area contributed by atoms with Gasteiger partial charge in [0.05, 0.1) is 0 Å². The van der Waals surface area contributed by atoms with Crippen molar-refractivity contribution in [2.75, 3.05) is 0 Å². The van der Waals surface area contributed by atoms with Crippen molar-refractivity contribution in [3.05, 3.63) is 12.2 Å². The topological polar surface area (TPSA) is 0 Å². The van der Waals surface area contributed by atoms with E-state index in [2.05, 4.69) is 6.08 Å². The van der Waals surface area contributed by atoms with Crippen molar-refractivity contribution < 1.29 is 51.4 Å². The maximum Gasteiger partial charge on any atom is 1.00 e. The van der Waals surface area contributed by atoms with Crippen molar-refractivity contribution >= 4 is 0 Å². The summed E-state index contributed by atoms with van der Waals surface area (Å²) in [6.45, 7) is 0. The van der Waals surface area contributed by atoms with Crippen LogP contribution in [0.1, 0.15) is 6.42 Å². The Morgan fingerprint density at radius 3 is 2.00 bits per heavy atom. The summed E-state index contributed by atoms with van der Waals surface area (Å²) in [4.78, 5) is 0. The van der Waals surface area contributed by atoms with Gasteiger partial charge in [-0.1, -0.05) is 0 Å². The van der Waals surface area contributed by atoms with E-state index < -0.39 is 0 Å². The van der Waals surface area contributed by atoms with E-state index in [-0.39, 0.29) is 51.4 Å². The SMILES string of the molecule is [C-]1=CC1.[K+]. The molecule has 0 spiro atoms. The second-order valence-electron chi connectivity index (χ2n) is 0.612. The van der Waals surface area contributed by atoms with Crippen LogP contribution in [-0.2, 0) is 0 Å². The second-order valence-corrected chi connectivity index (χ2v) is 0.612. The number of hydrogen-bond donors (Lipinski definition) is 0. The summed E-state index contributed by atoms with van der Waals surface area (Å²) >= 11 is 0. The molecule has 0 aromatic heterocycles. The molecule has 0 nitrogen and oxygen atoms in total. The first-order valence-corrected chi connectivity index (χ1v) is 1.05. The largest absolute Gasteiger partial charge is 1.00 e. The molecular formula is C3H3K. The van der Waals surface area contributed by atoms with Crippen LogP contribution in [-0.4, -0.2) is 0 Å². The maximum atomic E-state index is 2.88. The molecule has 0 N–H and O–H groups in total. The molecule has 0 heterocycles. The van der Waals surface area contributed by atoms with Gasteiger partial charge < -0.3 is 6.08 Å². The summed E-state index contributed by atoms with van der Waals surface area (Å²) in [5, 5.41) is 0. The van der Waals surface area contributed by atoms with Crippen LogP contribution in [0.5, 0.6) is 0 Å². The molecule has 0 bridgehead atoms. The van der Waals surface area contributed by atoms with Crippen LogP contribution in [0, 0.1) is 6.08 Å². The Balaban J connectivity index is 0.0000000900. The Morgan fingerprint density at radius 2 is 2.00 bits per heavy atom. The van der Waals surface area contributed by atoms with Crippen LogP contribution in [0.15, 0.2) is 6.08 Å². The van der Waals surface area contributed by atoms with Gasteiger partial charge in [-0.2, -0.15) is 0 Å². The smallest absolute Gasteiger partial charge is 0.502 e. The molecule has 0 aromatic carbocycles. The Kier molecular flexibility index (Phi) is 3.50. The van der Waals surface area contributed by atoms with Gasteiger partial charge >= 0.3 is 51.4 Å². The minimum atomic E-state index is 0. The zero-order chi connectivity index (χ0) is 2.12. The van der Waals surface area contributed by atoms with Crippen LogP contribution in [0.3, 0.4) is 0 Å². The van der Waals surface area contributed by atoms with Gasteiger partial charge in [0.1, 0.15) is 0 Å². The molecule has 1 aliphatic rings. The van der Waals surface area contributed by atoms with E-state index in [0.717, 1.165) is 6.42 Å². The van der Waals surface area contributed by atoms with Crippen LogP contribution >= 0.6 is 0 Å². The molecule has 0 radical (unpaired) electrons. The van der Waals surface area contributed by atoms with Gasteiger partial charge in [-0.05, 0) is 0 Å². The van der Waals surface area contributed by atoms with E-state index >= 15 is 0 Å². The quantitative estimate of drug-likeness (QED) is 0.227. The number of allylic oxidation sites excluding steroid dienone is 2. The van der Waals surface area contributed by atoms with Gasteiger partial charge in [0.15, 0.2) is 0 Å². The fourth-order valence-corrected chi connectivity index (χ4v) is 0. The van der Waals surface area contributed by atoms with Gasteiger partial charge in [-0.3, -0.25) is 6.08 Å². The molecule has 16 valence electrons. The minimum Gasteiger partial charge on any atom is -0.502 e. The molecule has 0 saturated heterocycles. The Hall–Kier alpha value is 1.38. The first-order valence-electron chi connectivity index (χ1n) is 1.05. The molecule has 0 saturated carbocycles. The van der Waals surface area contributed by atoms with Gasteiger partial charge in [0, 0.05) is 0 Å². The molecule has 0 amide bonds. The van der Waals surface area contributed by atoms with E-state index in [9.17, 15) is 0 Å². The van der Waals surface area contributed by atoms with Gasteiger partial charge in [0.2, 0.25) is 0 Å². The maximum absolute atomic E-state index is 2.88. The summed E-state index contributed by atoms with van der Waals surface area (Å²) in [6.07, 6.45) is 6.00. The van der Waals surface area contributed by atoms with Crippen molar-refractivity contribution in [1.82, 2.24) is 0 Å². The first-order chi connectivity index (χ1) is 1.50. The molecule has 0 atom stereocenters. The Bertz CT molecular complexity index is 26.3. The molecule has 0 aliphatic heterocycles. The molecule has 4 heavy (non-hydrogen) atoms. The number of hydrogen-bond acceptors (Lipinski definition) is 0. The van der Waals surface area contributed by atoms with Crippen molar-refractivity contribution in [2.24, 2.45) is 0 Å². The predicted molar refractivity (Wildman–Crippen MR) is 12.4 cm³/mol. The van der Waals surface area contributed by atoms with Crippen LogP contribution in [0.25, 0.3) is 0 Å². The number of rotatable bonds is 0. The average Bonchev–Trinajstić information content (AvgIpc) is 1.46. The molecule has 1 aliphatic carbocycles. The van der Waals surface area contributed by atoms with Gasteiger partial charge in [-0.15, -0.1) is 0 Å². The minimum absolute atomic E-state index is 0. The standard InChI is InChI=1S/C3H3.K/c1-2-3-1;/h1H,2H2;/q-1;+1. The zero-order valence-corrected chi connectivity index (χ0v) is 5.91. The molecule has 1 heteroatoms. The Labute approximate surface area is 68.7 Å². The van der Waals surface area contributed by atoms with Crippen molar-refractivity contribution in [3.8, 4) is 0 Å². The van der Waals surface area contributed by atoms with Gasteiger partial charge in [-0.25, -0.2) is 6.42 Å². The fourth-order valence-electron chi connectivity index (χ4n) is 0. The van der Waals surface area contributed by atoms with E-state index in [1.165, 1.54) is 0 Å². The average molecular weight is 78.2 g/mol.